The number of ketones is 1. The van der Waals surface area contributed by atoms with Gasteiger partial charge in [-0.3, -0.25) is 4.79 Å². The maximum atomic E-state index is 11.5. The second-order valence-corrected chi connectivity index (χ2v) is 5.54. The van der Waals surface area contributed by atoms with Gasteiger partial charge in [-0.2, -0.15) is 0 Å². The molecule has 3 nitrogen and oxygen atoms in total. The average molecular weight is 256 g/mol. The van der Waals surface area contributed by atoms with Crippen LogP contribution in [0.15, 0.2) is 35.2 Å². The molecule has 1 unspecified atom stereocenters. The molecular formula is C15H21BN2O. The summed E-state index contributed by atoms with van der Waals surface area (Å²) in [6.07, 6.45) is 8.26. The molecule has 0 aromatic carbocycles. The number of rotatable bonds is 5. The molecule has 1 N–H and O–H groups in total. The lowest BCUT2D eigenvalue weighted by molar-refractivity contribution is -0.120. The highest BCUT2D eigenvalue weighted by Crippen LogP contribution is 2.33. The third kappa shape index (κ3) is 3.52. The van der Waals surface area contributed by atoms with Crippen molar-refractivity contribution in [1.29, 1.82) is 0 Å². The van der Waals surface area contributed by atoms with E-state index in [0.29, 0.717) is 11.6 Å². The summed E-state index contributed by atoms with van der Waals surface area (Å²) in [5.41, 5.74) is 2.97. The van der Waals surface area contributed by atoms with Crippen LogP contribution in [0.5, 0.6) is 0 Å². The van der Waals surface area contributed by atoms with Gasteiger partial charge in [-0.15, -0.1) is 0 Å². The van der Waals surface area contributed by atoms with E-state index in [0.717, 1.165) is 12.2 Å². The lowest BCUT2D eigenvalue weighted by atomic mass is 10.0. The van der Waals surface area contributed by atoms with Gasteiger partial charge in [0.2, 0.25) is 0 Å². The molecule has 2 rings (SSSR count). The maximum Gasteiger partial charge on any atom is 0.138 e. The van der Waals surface area contributed by atoms with Gasteiger partial charge in [0.25, 0.3) is 0 Å². The largest absolute Gasteiger partial charge is 0.373 e. The molecule has 0 amide bonds. The molecule has 0 aromatic rings. The first-order valence-corrected chi connectivity index (χ1v) is 6.87. The van der Waals surface area contributed by atoms with Gasteiger partial charge in [0, 0.05) is 24.7 Å². The van der Waals surface area contributed by atoms with Crippen LogP contribution in [0.3, 0.4) is 0 Å². The first-order chi connectivity index (χ1) is 8.99. The monoisotopic (exact) mass is 256 g/mol. The molecule has 4 heteroatoms. The molecule has 1 saturated carbocycles. The van der Waals surface area contributed by atoms with Crippen LogP contribution >= 0.6 is 0 Å². The molecule has 0 aromatic heterocycles. The summed E-state index contributed by atoms with van der Waals surface area (Å²) in [5, 5.41) is 3.09. The van der Waals surface area contributed by atoms with Gasteiger partial charge < -0.3 is 10.2 Å². The van der Waals surface area contributed by atoms with E-state index in [9.17, 15) is 4.79 Å². The molecule has 1 aliphatic carbocycles. The Labute approximate surface area is 116 Å². The molecular weight excluding hydrogens is 235 g/mol. The Kier molecular flexibility index (Phi) is 4.18. The molecule has 0 spiro atoms. The van der Waals surface area contributed by atoms with Crippen LogP contribution in [0.4, 0.5) is 0 Å². The Morgan fingerprint density at radius 1 is 1.53 bits per heavy atom. The van der Waals surface area contributed by atoms with E-state index in [1.54, 1.807) is 6.92 Å². The third-order valence-corrected chi connectivity index (χ3v) is 3.75. The van der Waals surface area contributed by atoms with E-state index >= 15 is 0 Å². The quantitative estimate of drug-likeness (QED) is 0.764. The van der Waals surface area contributed by atoms with Crippen molar-refractivity contribution in [2.24, 2.45) is 5.92 Å². The predicted octanol–water partition coefficient (Wildman–Crippen LogP) is 2.08. The van der Waals surface area contributed by atoms with E-state index in [1.807, 2.05) is 25.3 Å². The van der Waals surface area contributed by atoms with Crippen LogP contribution < -0.4 is 5.32 Å². The molecule has 1 heterocycles. The van der Waals surface area contributed by atoms with Crippen LogP contribution in [-0.4, -0.2) is 31.1 Å². The Balaban J connectivity index is 2.17. The molecule has 19 heavy (non-hydrogen) atoms. The highest BCUT2D eigenvalue weighted by molar-refractivity contribution is 6.21. The predicted molar refractivity (Wildman–Crippen MR) is 78.4 cm³/mol. The van der Waals surface area contributed by atoms with Crippen LogP contribution in [0, 0.1) is 5.92 Å². The topological polar surface area (TPSA) is 32.3 Å². The zero-order valence-corrected chi connectivity index (χ0v) is 11.9. The number of hydrogen-bond donors (Lipinski definition) is 1. The number of allylic oxidation sites excluding steroid dienone is 3. The van der Waals surface area contributed by atoms with Crippen molar-refractivity contribution >= 4 is 13.6 Å². The zero-order valence-electron chi connectivity index (χ0n) is 11.9. The first-order valence-electron chi connectivity index (χ1n) is 6.87. The van der Waals surface area contributed by atoms with Gasteiger partial charge in [0.15, 0.2) is 0 Å². The minimum absolute atomic E-state index is 0.0582. The van der Waals surface area contributed by atoms with Gasteiger partial charge in [-0.25, -0.2) is 0 Å². The van der Waals surface area contributed by atoms with Crippen LogP contribution in [0.25, 0.3) is 0 Å². The fourth-order valence-corrected chi connectivity index (χ4v) is 2.18. The standard InChI is InChI=1S/C15H21BN2O/c1-10-4-7-15(16)17-8-14(10)18(13-5-6-13)9-11(2)12(3)19/h4,7-8,11,13,17H,5-6,9H2,1-3H3. The number of nitrogens with zero attached hydrogens (tertiary/aromatic N) is 1. The van der Waals surface area contributed by atoms with Crippen LogP contribution in [0.2, 0.25) is 0 Å². The van der Waals surface area contributed by atoms with Crippen molar-refractivity contribution < 1.29 is 4.79 Å². The lowest BCUT2D eigenvalue weighted by Crippen LogP contribution is -2.33. The molecule has 1 fully saturated rings. The SMILES string of the molecule is [B]C1=CC=C(C)C(N(CC(C)C(C)=O)C2CC2)=CN1. The molecule has 2 radical (unpaired) electrons. The molecule has 0 saturated heterocycles. The summed E-state index contributed by atoms with van der Waals surface area (Å²) in [5.74, 6) is 0.301. The molecule has 1 atom stereocenters. The molecule has 1 aliphatic heterocycles. The van der Waals surface area contributed by atoms with Gasteiger partial charge in [0.1, 0.15) is 13.6 Å². The Bertz CT molecular complexity index is 461. The number of Topliss-reactive ketones (excluding diaryl/α,β-unsaturated/α-hetero) is 1. The maximum absolute atomic E-state index is 11.5. The second-order valence-electron chi connectivity index (χ2n) is 5.54. The lowest BCUT2D eigenvalue weighted by Gasteiger charge is -2.30. The van der Waals surface area contributed by atoms with Crippen molar-refractivity contribution in [2.45, 2.75) is 39.7 Å². The number of carbonyl (C=O) groups excluding carboxylic acids is 1. The van der Waals surface area contributed by atoms with Crippen LogP contribution in [0.1, 0.15) is 33.6 Å². The van der Waals surface area contributed by atoms with E-state index in [-0.39, 0.29) is 11.7 Å². The van der Waals surface area contributed by atoms with Crippen LogP contribution in [-0.2, 0) is 4.79 Å². The van der Waals surface area contributed by atoms with Crippen molar-refractivity contribution in [3.63, 3.8) is 0 Å². The van der Waals surface area contributed by atoms with Gasteiger partial charge >= 0.3 is 0 Å². The van der Waals surface area contributed by atoms with Gasteiger partial charge in [-0.1, -0.05) is 19.1 Å². The second kappa shape index (κ2) is 5.68. The van der Waals surface area contributed by atoms with E-state index in [4.69, 9.17) is 7.85 Å². The summed E-state index contributed by atoms with van der Waals surface area (Å²) in [6.45, 7) is 6.51. The zero-order chi connectivity index (χ0) is 14.0. The van der Waals surface area contributed by atoms with Gasteiger partial charge in [0.05, 0.1) is 5.70 Å². The minimum Gasteiger partial charge on any atom is -0.373 e. The Morgan fingerprint density at radius 2 is 2.21 bits per heavy atom. The van der Waals surface area contributed by atoms with E-state index < -0.39 is 0 Å². The summed E-state index contributed by atoms with van der Waals surface area (Å²) in [7, 11) is 5.79. The third-order valence-electron chi connectivity index (χ3n) is 3.75. The molecule has 2 aliphatic rings. The summed E-state index contributed by atoms with van der Waals surface area (Å²) in [6, 6.07) is 0.567. The van der Waals surface area contributed by atoms with Gasteiger partial charge in [-0.05, 0) is 37.9 Å². The van der Waals surface area contributed by atoms with Crippen molar-refractivity contribution in [2.75, 3.05) is 6.54 Å². The number of hydrogen-bond acceptors (Lipinski definition) is 3. The normalized spacial score (nSPS) is 20.5. The minimum atomic E-state index is 0.0582. The molecule has 100 valence electrons. The van der Waals surface area contributed by atoms with E-state index in [2.05, 4.69) is 17.1 Å². The highest BCUT2D eigenvalue weighted by atomic mass is 16.1. The Morgan fingerprint density at radius 3 is 2.79 bits per heavy atom. The smallest absolute Gasteiger partial charge is 0.138 e. The number of nitrogens with one attached hydrogen (secondary N) is 1. The fourth-order valence-electron chi connectivity index (χ4n) is 2.18. The first kappa shape index (κ1) is 14.0. The summed E-state index contributed by atoms with van der Waals surface area (Å²) in [4.78, 5) is 13.8. The highest BCUT2D eigenvalue weighted by Gasteiger charge is 2.32. The Hall–Kier alpha value is -1.45. The summed E-state index contributed by atoms with van der Waals surface area (Å²) < 4.78 is 0. The van der Waals surface area contributed by atoms with E-state index in [1.165, 1.54) is 18.4 Å². The number of carbonyl (C=O) groups is 1. The average Bonchev–Trinajstić information content (AvgIpc) is 3.18. The van der Waals surface area contributed by atoms with Crippen molar-refractivity contribution in [1.82, 2.24) is 10.2 Å². The molecule has 0 bridgehead atoms. The van der Waals surface area contributed by atoms with Crippen molar-refractivity contribution in [3.05, 3.63) is 35.2 Å². The van der Waals surface area contributed by atoms with Crippen molar-refractivity contribution in [3.8, 4) is 0 Å². The summed E-state index contributed by atoms with van der Waals surface area (Å²) >= 11 is 0. The fraction of sp³-hybridized carbons (Fsp3) is 0.533.